The number of benzene rings is 2. The molecule has 0 saturated heterocycles. The molecule has 1 fully saturated rings. The lowest BCUT2D eigenvalue weighted by Crippen LogP contribution is -2.43. The summed E-state index contributed by atoms with van der Waals surface area (Å²) in [6.45, 7) is 10.6. The summed E-state index contributed by atoms with van der Waals surface area (Å²) in [5, 5.41) is 2.53. The molecular formula is C25H32O2. The molecule has 144 valence electrons. The molecule has 1 aliphatic rings. The molecule has 0 bridgehead atoms. The third kappa shape index (κ3) is 4.10. The van der Waals surface area contributed by atoms with Crippen LogP contribution in [0.25, 0.3) is 10.8 Å². The van der Waals surface area contributed by atoms with E-state index in [1.807, 2.05) is 19.9 Å². The van der Waals surface area contributed by atoms with Crippen molar-refractivity contribution >= 4 is 16.7 Å². The van der Waals surface area contributed by atoms with E-state index in [2.05, 4.69) is 63.2 Å². The smallest absolute Gasteiger partial charge is 0.333 e. The van der Waals surface area contributed by atoms with E-state index in [4.69, 9.17) is 4.74 Å². The minimum Gasteiger partial charge on any atom is -0.459 e. The Morgan fingerprint density at radius 1 is 1.11 bits per heavy atom. The fraction of sp³-hybridized carbons (Fsp3) is 0.480. The van der Waals surface area contributed by atoms with Gasteiger partial charge in [0.1, 0.15) is 6.10 Å². The Morgan fingerprint density at radius 3 is 2.52 bits per heavy atom. The van der Waals surface area contributed by atoms with Crippen molar-refractivity contribution < 1.29 is 9.53 Å². The van der Waals surface area contributed by atoms with Gasteiger partial charge in [0.2, 0.25) is 0 Å². The molecule has 0 heterocycles. The number of carbonyl (C=O) groups is 1. The van der Waals surface area contributed by atoms with Gasteiger partial charge in [-0.05, 0) is 54.4 Å². The van der Waals surface area contributed by atoms with E-state index in [0.717, 1.165) is 12.8 Å². The summed E-state index contributed by atoms with van der Waals surface area (Å²) in [7, 11) is 0. The van der Waals surface area contributed by atoms with Crippen LogP contribution in [0.5, 0.6) is 0 Å². The highest BCUT2D eigenvalue weighted by molar-refractivity contribution is 5.87. The van der Waals surface area contributed by atoms with Crippen LogP contribution in [0.15, 0.2) is 54.1 Å². The second-order valence-corrected chi connectivity index (χ2v) is 8.72. The van der Waals surface area contributed by atoms with Crippen molar-refractivity contribution in [3.05, 3.63) is 59.7 Å². The molecule has 3 rings (SSSR count). The van der Waals surface area contributed by atoms with Crippen molar-refractivity contribution in [1.29, 1.82) is 0 Å². The van der Waals surface area contributed by atoms with Crippen molar-refractivity contribution in [1.82, 2.24) is 0 Å². The number of hydrogen-bond donors (Lipinski definition) is 0. The van der Waals surface area contributed by atoms with Gasteiger partial charge in [0, 0.05) is 11.5 Å². The maximum atomic E-state index is 12.4. The lowest BCUT2D eigenvalue weighted by Gasteiger charge is -2.44. The van der Waals surface area contributed by atoms with Gasteiger partial charge in [0.15, 0.2) is 0 Å². The number of hydrogen-bond acceptors (Lipinski definition) is 2. The number of allylic oxidation sites excluding steroid dienone is 1. The van der Waals surface area contributed by atoms with Crippen molar-refractivity contribution in [3.63, 3.8) is 0 Å². The van der Waals surface area contributed by atoms with Crippen LogP contribution < -0.4 is 0 Å². The molecular weight excluding hydrogens is 332 g/mol. The first-order chi connectivity index (χ1) is 12.8. The molecule has 1 saturated carbocycles. The third-order valence-electron chi connectivity index (χ3n) is 6.49. The Morgan fingerprint density at radius 2 is 1.81 bits per heavy atom. The van der Waals surface area contributed by atoms with E-state index >= 15 is 0 Å². The molecule has 3 atom stereocenters. The maximum Gasteiger partial charge on any atom is 0.333 e. The van der Waals surface area contributed by atoms with E-state index in [9.17, 15) is 4.79 Å². The minimum atomic E-state index is -0.170. The van der Waals surface area contributed by atoms with E-state index in [1.165, 1.54) is 22.8 Å². The number of carbonyl (C=O) groups excluding carboxylic acids is 1. The molecule has 0 unspecified atom stereocenters. The minimum absolute atomic E-state index is 0.0300. The molecule has 27 heavy (non-hydrogen) atoms. The third-order valence-corrected chi connectivity index (χ3v) is 6.49. The van der Waals surface area contributed by atoms with Gasteiger partial charge in [-0.1, -0.05) is 75.7 Å². The van der Waals surface area contributed by atoms with Gasteiger partial charge >= 0.3 is 5.97 Å². The number of fused-ring (bicyclic) bond motifs is 1. The molecule has 0 aliphatic heterocycles. The monoisotopic (exact) mass is 364 g/mol. The van der Waals surface area contributed by atoms with Crippen LogP contribution in [0.2, 0.25) is 0 Å². The zero-order chi connectivity index (χ0) is 19.6. The van der Waals surface area contributed by atoms with Crippen LogP contribution in [0.1, 0.15) is 59.4 Å². The Balaban J connectivity index is 1.92. The van der Waals surface area contributed by atoms with Crippen LogP contribution in [-0.4, -0.2) is 12.1 Å². The van der Waals surface area contributed by atoms with Gasteiger partial charge in [-0.3, -0.25) is 0 Å². The second kappa shape index (κ2) is 7.88. The van der Waals surface area contributed by atoms with Crippen LogP contribution in [-0.2, 0) is 14.9 Å². The Bertz CT molecular complexity index is 846. The molecule has 2 aromatic carbocycles. The van der Waals surface area contributed by atoms with Gasteiger partial charge in [0.05, 0.1) is 0 Å². The number of ether oxygens (including phenoxy) is 1. The standard InChI is InChI=1S/C25H32O2/c1-6-18(3)24(26)27-23-15-17(2)11-14-22(23)25(4,5)21-13-12-19-9-7-8-10-20(19)16-21/h6-10,12-13,16-17,22-23H,11,14-15H2,1-5H3/b18-6+/t17-,22-,23-/m0/s1. The summed E-state index contributed by atoms with van der Waals surface area (Å²) in [4.78, 5) is 12.4. The predicted octanol–water partition coefficient (Wildman–Crippen LogP) is 6.43. The molecule has 1 aliphatic carbocycles. The van der Waals surface area contributed by atoms with Crippen LogP contribution >= 0.6 is 0 Å². The first kappa shape index (κ1) is 19.7. The Hall–Kier alpha value is -2.09. The van der Waals surface area contributed by atoms with Crippen LogP contribution in [0.4, 0.5) is 0 Å². The lowest BCUT2D eigenvalue weighted by atomic mass is 9.64. The largest absolute Gasteiger partial charge is 0.459 e. The van der Waals surface area contributed by atoms with Crippen molar-refractivity contribution in [2.75, 3.05) is 0 Å². The topological polar surface area (TPSA) is 26.3 Å². The van der Waals surface area contributed by atoms with E-state index in [0.29, 0.717) is 17.4 Å². The highest BCUT2D eigenvalue weighted by atomic mass is 16.5. The average molecular weight is 365 g/mol. The summed E-state index contributed by atoms with van der Waals surface area (Å²) in [6, 6.07) is 15.3. The van der Waals surface area contributed by atoms with Gasteiger partial charge in [0.25, 0.3) is 0 Å². The Kier molecular flexibility index (Phi) is 5.74. The zero-order valence-electron chi connectivity index (χ0n) is 17.3. The summed E-state index contributed by atoms with van der Waals surface area (Å²) in [5.41, 5.74) is 1.96. The Labute approximate surface area is 163 Å². The van der Waals surface area contributed by atoms with Crippen LogP contribution in [0.3, 0.4) is 0 Å². The number of esters is 1. The SMILES string of the molecule is C/C=C(\C)C(=O)O[C@H]1C[C@@H](C)CC[C@@H]1C(C)(C)c1ccc2ccccc2c1. The predicted molar refractivity (Wildman–Crippen MR) is 113 cm³/mol. The fourth-order valence-corrected chi connectivity index (χ4v) is 4.44. The zero-order valence-corrected chi connectivity index (χ0v) is 17.3. The fourth-order valence-electron chi connectivity index (χ4n) is 4.44. The summed E-state index contributed by atoms with van der Waals surface area (Å²) in [5.74, 6) is 0.747. The first-order valence-electron chi connectivity index (χ1n) is 10.2. The molecule has 0 N–H and O–H groups in total. The van der Waals surface area contributed by atoms with E-state index in [-0.39, 0.29) is 17.5 Å². The van der Waals surface area contributed by atoms with Gasteiger partial charge in [-0.25, -0.2) is 4.79 Å². The molecule has 2 heteroatoms. The molecule has 2 nitrogen and oxygen atoms in total. The van der Waals surface area contributed by atoms with Gasteiger partial charge in [-0.15, -0.1) is 0 Å². The van der Waals surface area contributed by atoms with Crippen molar-refractivity contribution in [2.45, 2.75) is 65.4 Å². The molecule has 0 aromatic heterocycles. The second-order valence-electron chi connectivity index (χ2n) is 8.72. The van der Waals surface area contributed by atoms with Crippen LogP contribution in [0, 0.1) is 11.8 Å². The summed E-state index contributed by atoms with van der Waals surface area (Å²) < 4.78 is 6.02. The van der Waals surface area contributed by atoms with Gasteiger partial charge in [-0.2, -0.15) is 0 Å². The molecule has 2 aromatic rings. The van der Waals surface area contributed by atoms with Crippen molar-refractivity contribution in [2.24, 2.45) is 11.8 Å². The van der Waals surface area contributed by atoms with Gasteiger partial charge < -0.3 is 4.74 Å². The highest BCUT2D eigenvalue weighted by Gasteiger charge is 2.42. The average Bonchev–Trinajstić information content (AvgIpc) is 2.66. The molecule has 0 radical (unpaired) electrons. The first-order valence-corrected chi connectivity index (χ1v) is 10.2. The van der Waals surface area contributed by atoms with E-state index < -0.39 is 0 Å². The number of rotatable bonds is 4. The normalized spacial score (nSPS) is 24.0. The quantitative estimate of drug-likeness (QED) is 0.461. The van der Waals surface area contributed by atoms with E-state index in [1.54, 1.807) is 0 Å². The van der Waals surface area contributed by atoms with Crippen molar-refractivity contribution in [3.8, 4) is 0 Å². The molecule has 0 spiro atoms. The lowest BCUT2D eigenvalue weighted by molar-refractivity contribution is -0.151. The molecule has 0 amide bonds. The summed E-state index contributed by atoms with van der Waals surface area (Å²) >= 11 is 0. The maximum absolute atomic E-state index is 12.4. The summed E-state index contributed by atoms with van der Waals surface area (Å²) in [6.07, 6.45) is 5.03. The highest BCUT2D eigenvalue weighted by Crippen LogP contribution is 2.44.